The number of likely N-dealkylation sites (tertiary alicyclic amines) is 1. The standard InChI is InChI=1S/C40H52ClNO7/c1-3-4-5-6-7-8-9-10-11-12-13-14-15-16-17-20-25-47-40(46)49-36-27-32(43)37(30-23-24-42(2)28-34(30)45)39-38(36)33(44)26-35(48-39)29-21-18-19-22-31(29)41/h7-8,10-11,18-19,21-22,26-27,30,34,43,45H,3-6,9,12-17,20,23-25,28H2,1-2H3/t30?,34-/m0/s1. The molecule has 0 saturated carbocycles. The molecule has 9 heteroatoms. The lowest BCUT2D eigenvalue weighted by Crippen LogP contribution is -2.40. The molecule has 0 spiro atoms. The highest BCUT2D eigenvalue weighted by Gasteiger charge is 2.33. The van der Waals surface area contributed by atoms with Gasteiger partial charge in [-0.25, -0.2) is 4.79 Å². The normalized spacial score (nSPS) is 17.0. The summed E-state index contributed by atoms with van der Waals surface area (Å²) in [5.41, 5.74) is 0.358. The van der Waals surface area contributed by atoms with Crippen LogP contribution in [-0.4, -0.2) is 54.1 Å². The monoisotopic (exact) mass is 693 g/mol. The van der Waals surface area contributed by atoms with Crippen molar-refractivity contribution in [3.05, 3.63) is 81.5 Å². The lowest BCUT2D eigenvalue weighted by atomic mass is 9.85. The van der Waals surface area contributed by atoms with Gasteiger partial charge >= 0.3 is 6.16 Å². The third-order valence-corrected chi connectivity index (χ3v) is 9.37. The molecule has 2 heterocycles. The Bertz CT molecular complexity index is 1610. The molecule has 0 amide bonds. The Labute approximate surface area is 295 Å². The molecule has 8 nitrogen and oxygen atoms in total. The fourth-order valence-electron chi connectivity index (χ4n) is 6.33. The van der Waals surface area contributed by atoms with Gasteiger partial charge in [0.05, 0.1) is 17.7 Å². The molecule has 0 bridgehead atoms. The maximum atomic E-state index is 13.6. The zero-order valence-corrected chi connectivity index (χ0v) is 29.8. The van der Waals surface area contributed by atoms with Gasteiger partial charge in [-0.1, -0.05) is 93.5 Å². The Balaban J connectivity index is 1.31. The predicted octanol–water partition coefficient (Wildman–Crippen LogP) is 9.93. The number of likely N-dealkylation sites (N-methyl/N-ethyl adjacent to an activating group) is 1. The van der Waals surface area contributed by atoms with E-state index in [9.17, 15) is 19.8 Å². The summed E-state index contributed by atoms with van der Waals surface area (Å²) in [6.07, 6.45) is 21.1. The van der Waals surface area contributed by atoms with Crippen LogP contribution >= 0.6 is 11.6 Å². The number of benzene rings is 2. The number of carbonyl (C=O) groups is 1. The minimum absolute atomic E-state index is 0.0135. The second kappa shape index (κ2) is 20.2. The van der Waals surface area contributed by atoms with E-state index in [0.29, 0.717) is 42.1 Å². The number of allylic oxidation sites excluding steroid dienone is 4. The molecule has 1 aliphatic rings. The zero-order valence-electron chi connectivity index (χ0n) is 29.0. The summed E-state index contributed by atoms with van der Waals surface area (Å²) in [4.78, 5) is 28.3. The molecule has 3 aromatic rings. The number of carbonyl (C=O) groups excluding carboxylic acids is 1. The van der Waals surface area contributed by atoms with Crippen molar-refractivity contribution in [2.45, 2.75) is 102 Å². The van der Waals surface area contributed by atoms with Gasteiger partial charge in [0.1, 0.15) is 22.5 Å². The van der Waals surface area contributed by atoms with Crippen molar-refractivity contribution in [1.29, 1.82) is 0 Å². The van der Waals surface area contributed by atoms with Gasteiger partial charge in [0, 0.05) is 35.7 Å². The van der Waals surface area contributed by atoms with Gasteiger partial charge in [0.25, 0.3) is 0 Å². The van der Waals surface area contributed by atoms with Crippen LogP contribution < -0.4 is 10.2 Å². The molecule has 4 rings (SSSR count). The Hall–Kier alpha value is -3.59. The van der Waals surface area contributed by atoms with Crippen molar-refractivity contribution in [1.82, 2.24) is 4.90 Å². The number of phenols is 1. The lowest BCUT2D eigenvalue weighted by Gasteiger charge is -2.34. The van der Waals surface area contributed by atoms with Crippen LogP contribution in [0.15, 0.2) is 69.9 Å². The second-order valence-corrected chi connectivity index (χ2v) is 13.4. The van der Waals surface area contributed by atoms with Crippen molar-refractivity contribution in [2.24, 2.45) is 0 Å². The van der Waals surface area contributed by atoms with E-state index in [0.717, 1.165) is 32.1 Å². The van der Waals surface area contributed by atoms with Gasteiger partial charge in [-0.05, 0) is 70.7 Å². The molecule has 1 aromatic heterocycles. The number of unbranched alkanes of at least 4 members (excludes halogenated alkanes) is 9. The highest BCUT2D eigenvalue weighted by Crippen LogP contribution is 2.43. The average molecular weight is 694 g/mol. The highest BCUT2D eigenvalue weighted by molar-refractivity contribution is 6.33. The van der Waals surface area contributed by atoms with E-state index in [4.69, 9.17) is 25.5 Å². The maximum absolute atomic E-state index is 13.6. The summed E-state index contributed by atoms with van der Waals surface area (Å²) >= 11 is 6.42. The number of aliphatic hydroxyl groups is 1. The Morgan fingerprint density at radius 1 is 1.00 bits per heavy atom. The number of piperidine rings is 1. The van der Waals surface area contributed by atoms with Crippen LogP contribution in [0, 0.1) is 0 Å². The van der Waals surface area contributed by atoms with Gasteiger partial charge in [0.15, 0.2) is 11.2 Å². The minimum Gasteiger partial charge on any atom is -0.507 e. The molecule has 0 aliphatic carbocycles. The summed E-state index contributed by atoms with van der Waals surface area (Å²) in [5, 5.41) is 22.6. The zero-order chi connectivity index (χ0) is 35.0. The summed E-state index contributed by atoms with van der Waals surface area (Å²) in [6, 6.07) is 9.47. The van der Waals surface area contributed by atoms with Crippen LogP contribution in [-0.2, 0) is 4.74 Å². The van der Waals surface area contributed by atoms with Crippen LogP contribution in [0.25, 0.3) is 22.3 Å². The molecule has 2 N–H and O–H groups in total. The smallest absolute Gasteiger partial charge is 0.507 e. The third-order valence-electron chi connectivity index (χ3n) is 9.04. The number of rotatable bonds is 18. The first-order chi connectivity index (χ1) is 23.8. The average Bonchev–Trinajstić information content (AvgIpc) is 3.07. The number of ether oxygens (including phenoxy) is 2. The molecular formula is C40H52ClNO7. The molecule has 1 unspecified atom stereocenters. The molecule has 0 radical (unpaired) electrons. The molecular weight excluding hydrogens is 642 g/mol. The van der Waals surface area contributed by atoms with E-state index in [1.54, 1.807) is 24.3 Å². The lowest BCUT2D eigenvalue weighted by molar-refractivity contribution is 0.0630. The van der Waals surface area contributed by atoms with Gasteiger partial charge in [0.2, 0.25) is 0 Å². The fraction of sp³-hybridized carbons (Fsp3) is 0.500. The number of aromatic hydroxyl groups is 1. The van der Waals surface area contributed by atoms with Crippen molar-refractivity contribution in [3.63, 3.8) is 0 Å². The first kappa shape index (κ1) is 38.2. The fourth-order valence-corrected chi connectivity index (χ4v) is 6.56. The number of hydrogen-bond acceptors (Lipinski definition) is 8. The number of fused-ring (bicyclic) bond motifs is 1. The van der Waals surface area contributed by atoms with Gasteiger partial charge in [-0.2, -0.15) is 0 Å². The van der Waals surface area contributed by atoms with E-state index in [2.05, 4.69) is 31.2 Å². The van der Waals surface area contributed by atoms with Crippen LogP contribution in [0.1, 0.15) is 102 Å². The molecule has 49 heavy (non-hydrogen) atoms. The van der Waals surface area contributed by atoms with E-state index in [1.807, 2.05) is 11.9 Å². The summed E-state index contributed by atoms with van der Waals surface area (Å²) < 4.78 is 17.1. The first-order valence-electron chi connectivity index (χ1n) is 17.9. The van der Waals surface area contributed by atoms with Crippen molar-refractivity contribution < 1.29 is 28.9 Å². The number of β-amino-alcohol motifs (C(OH)–C–C–N with tert-alkyl or cyclic N) is 1. The van der Waals surface area contributed by atoms with E-state index in [-0.39, 0.29) is 34.8 Å². The summed E-state index contributed by atoms with van der Waals surface area (Å²) in [7, 11) is 1.91. The maximum Gasteiger partial charge on any atom is 0.513 e. The topological polar surface area (TPSA) is 109 Å². The number of nitrogens with zero attached hydrogens (tertiary/aromatic N) is 1. The van der Waals surface area contributed by atoms with Gasteiger partial charge in [-0.3, -0.25) is 4.79 Å². The van der Waals surface area contributed by atoms with Crippen molar-refractivity contribution >= 4 is 28.7 Å². The minimum atomic E-state index is -0.968. The van der Waals surface area contributed by atoms with Crippen LogP contribution in [0.3, 0.4) is 0 Å². The molecule has 1 aliphatic heterocycles. The van der Waals surface area contributed by atoms with Crippen molar-refractivity contribution in [3.8, 4) is 22.8 Å². The Morgan fingerprint density at radius 3 is 2.41 bits per heavy atom. The Morgan fingerprint density at radius 2 is 1.69 bits per heavy atom. The van der Waals surface area contributed by atoms with Crippen LogP contribution in [0.2, 0.25) is 5.02 Å². The number of hydrogen-bond donors (Lipinski definition) is 2. The highest BCUT2D eigenvalue weighted by atomic mass is 35.5. The molecule has 1 fully saturated rings. The largest absolute Gasteiger partial charge is 0.513 e. The first-order valence-corrected chi connectivity index (χ1v) is 18.3. The SMILES string of the molecule is CCCCCC=CCC=CCCCCCCCCOC(=O)Oc1cc(O)c(C2CCN(C)C[C@@H]2O)c2oc(-c3ccccc3Cl)cc(=O)c12. The van der Waals surface area contributed by atoms with E-state index in [1.165, 1.54) is 50.7 Å². The molecule has 2 atom stereocenters. The van der Waals surface area contributed by atoms with E-state index < -0.39 is 23.6 Å². The van der Waals surface area contributed by atoms with Crippen molar-refractivity contribution in [2.75, 3.05) is 26.7 Å². The van der Waals surface area contributed by atoms with E-state index >= 15 is 0 Å². The predicted molar refractivity (Wildman–Crippen MR) is 197 cm³/mol. The number of phenolic OH excluding ortho intramolecular Hbond substituents is 1. The van der Waals surface area contributed by atoms with Gasteiger partial charge in [-0.15, -0.1) is 0 Å². The molecule has 2 aromatic carbocycles. The molecule has 266 valence electrons. The third kappa shape index (κ3) is 11.5. The Kier molecular flexibility index (Phi) is 15.7. The summed E-state index contributed by atoms with van der Waals surface area (Å²) in [5.74, 6) is -0.718. The van der Waals surface area contributed by atoms with Gasteiger partial charge < -0.3 is 29.0 Å². The number of halogens is 1. The quantitative estimate of drug-likeness (QED) is 0.0586. The molecule has 1 saturated heterocycles. The summed E-state index contributed by atoms with van der Waals surface area (Å²) in [6.45, 7) is 3.47. The van der Waals surface area contributed by atoms with Crippen LogP contribution in [0.5, 0.6) is 11.5 Å². The number of aliphatic hydroxyl groups excluding tert-OH is 1. The van der Waals surface area contributed by atoms with Crippen LogP contribution in [0.4, 0.5) is 4.79 Å². The second-order valence-electron chi connectivity index (χ2n) is 13.0.